The van der Waals surface area contributed by atoms with Crippen LogP contribution in [0.1, 0.15) is 47.8 Å². The molecule has 1 unspecified atom stereocenters. The molecule has 2 aliphatic rings. The largest absolute Gasteiger partial charge is 0.497 e. The van der Waals surface area contributed by atoms with Crippen molar-refractivity contribution in [1.82, 2.24) is 14.5 Å². The molecule has 1 saturated carbocycles. The van der Waals surface area contributed by atoms with Crippen LogP contribution in [-0.2, 0) is 16.8 Å². The highest BCUT2D eigenvalue weighted by Gasteiger charge is 2.53. The average molecular weight is 416 g/mol. The Balaban J connectivity index is 1.32. The standard InChI is InChI=1S/C26H29N3O2/c1-19-16-27-24(29(19)17-20-6-4-3-5-7-20)21-12-15-28(18-21)25(30)26(13-14-26)22-8-10-23(31-2)11-9-22/h3-11,16,21H,12-15,17-18H2,1-2H3. The highest BCUT2D eigenvalue weighted by atomic mass is 16.5. The van der Waals surface area contributed by atoms with Crippen LogP contribution < -0.4 is 4.74 Å². The molecule has 2 fully saturated rings. The van der Waals surface area contributed by atoms with Gasteiger partial charge in [-0.2, -0.15) is 0 Å². The third-order valence-electron chi connectivity index (χ3n) is 6.91. The predicted octanol–water partition coefficient (Wildman–Crippen LogP) is 4.30. The summed E-state index contributed by atoms with van der Waals surface area (Å²) in [5, 5.41) is 0. The first-order valence-corrected chi connectivity index (χ1v) is 11.1. The SMILES string of the molecule is COc1ccc(C2(C(=O)N3CCC(c4ncc(C)n4Cc4ccccc4)C3)CC2)cc1. The Morgan fingerprint density at radius 1 is 1.13 bits per heavy atom. The van der Waals surface area contributed by atoms with Crippen molar-refractivity contribution in [2.45, 2.75) is 44.1 Å². The fraction of sp³-hybridized carbons (Fsp3) is 0.385. The fourth-order valence-corrected chi connectivity index (χ4v) is 4.90. The Bertz CT molecular complexity index is 1070. The maximum Gasteiger partial charge on any atom is 0.233 e. The van der Waals surface area contributed by atoms with Crippen LogP contribution in [-0.4, -0.2) is 40.6 Å². The summed E-state index contributed by atoms with van der Waals surface area (Å²) in [7, 11) is 1.67. The summed E-state index contributed by atoms with van der Waals surface area (Å²) in [5.74, 6) is 2.49. The molecule has 5 nitrogen and oxygen atoms in total. The number of methoxy groups -OCH3 is 1. The lowest BCUT2D eigenvalue weighted by molar-refractivity contribution is -0.132. The molecule has 1 aliphatic heterocycles. The molecule has 1 aromatic heterocycles. The van der Waals surface area contributed by atoms with Crippen LogP contribution in [0.5, 0.6) is 5.75 Å². The molecule has 0 N–H and O–H groups in total. The number of imidazole rings is 1. The van der Waals surface area contributed by atoms with Crippen LogP contribution in [0.2, 0.25) is 0 Å². The molecule has 1 atom stereocenters. The Hall–Kier alpha value is -3.08. The summed E-state index contributed by atoms with van der Waals surface area (Å²) in [6.07, 6.45) is 4.79. The molecule has 0 radical (unpaired) electrons. The van der Waals surface area contributed by atoms with Gasteiger partial charge in [-0.3, -0.25) is 4.79 Å². The van der Waals surface area contributed by atoms with Crippen molar-refractivity contribution < 1.29 is 9.53 Å². The molecule has 3 aromatic rings. The predicted molar refractivity (Wildman–Crippen MR) is 120 cm³/mol. The van der Waals surface area contributed by atoms with E-state index in [0.717, 1.165) is 56.0 Å². The third kappa shape index (κ3) is 3.62. The molecule has 1 aliphatic carbocycles. The van der Waals surface area contributed by atoms with Gasteiger partial charge in [0.2, 0.25) is 5.91 Å². The van der Waals surface area contributed by atoms with Gasteiger partial charge in [0, 0.05) is 37.4 Å². The van der Waals surface area contributed by atoms with Crippen molar-refractivity contribution in [3.05, 3.63) is 83.4 Å². The van der Waals surface area contributed by atoms with Gasteiger partial charge in [-0.25, -0.2) is 4.98 Å². The van der Waals surface area contributed by atoms with Crippen molar-refractivity contribution in [2.24, 2.45) is 0 Å². The van der Waals surface area contributed by atoms with Gasteiger partial charge in [-0.15, -0.1) is 0 Å². The van der Waals surface area contributed by atoms with Crippen LogP contribution in [0.15, 0.2) is 60.8 Å². The van der Waals surface area contributed by atoms with Gasteiger partial charge in [0.15, 0.2) is 0 Å². The fourth-order valence-electron chi connectivity index (χ4n) is 4.90. The first-order chi connectivity index (χ1) is 15.1. The molecular formula is C26H29N3O2. The van der Waals surface area contributed by atoms with Crippen molar-refractivity contribution in [3.63, 3.8) is 0 Å². The van der Waals surface area contributed by atoms with Gasteiger partial charge in [-0.05, 0) is 49.4 Å². The van der Waals surface area contributed by atoms with Crippen molar-refractivity contribution in [2.75, 3.05) is 20.2 Å². The lowest BCUT2D eigenvalue weighted by atomic mass is 9.94. The van der Waals surface area contributed by atoms with Gasteiger partial charge in [-0.1, -0.05) is 42.5 Å². The molecule has 0 spiro atoms. The molecule has 5 rings (SSSR count). The molecule has 2 aromatic carbocycles. The summed E-state index contributed by atoms with van der Waals surface area (Å²) >= 11 is 0. The zero-order valence-corrected chi connectivity index (χ0v) is 18.3. The number of hydrogen-bond acceptors (Lipinski definition) is 3. The number of benzene rings is 2. The maximum absolute atomic E-state index is 13.5. The van der Waals surface area contributed by atoms with E-state index in [1.165, 1.54) is 11.3 Å². The molecule has 2 heterocycles. The zero-order valence-electron chi connectivity index (χ0n) is 18.3. The monoisotopic (exact) mass is 415 g/mol. The Morgan fingerprint density at radius 3 is 2.55 bits per heavy atom. The van der Waals surface area contributed by atoms with E-state index in [1.807, 2.05) is 36.5 Å². The number of nitrogens with zero attached hydrogens (tertiary/aromatic N) is 3. The number of aryl methyl sites for hydroxylation is 1. The normalized spacial score (nSPS) is 19.4. The molecule has 0 bridgehead atoms. The lowest BCUT2D eigenvalue weighted by Crippen LogP contribution is -2.37. The molecular weight excluding hydrogens is 386 g/mol. The zero-order chi connectivity index (χ0) is 21.4. The van der Waals surface area contributed by atoms with Crippen LogP contribution >= 0.6 is 0 Å². The van der Waals surface area contributed by atoms with Crippen molar-refractivity contribution >= 4 is 5.91 Å². The van der Waals surface area contributed by atoms with Gasteiger partial charge < -0.3 is 14.2 Å². The number of amides is 1. The lowest BCUT2D eigenvalue weighted by Gasteiger charge is -2.24. The smallest absolute Gasteiger partial charge is 0.233 e. The van der Waals surface area contributed by atoms with Gasteiger partial charge in [0.1, 0.15) is 11.6 Å². The number of rotatable bonds is 6. The summed E-state index contributed by atoms with van der Waals surface area (Å²) < 4.78 is 7.59. The van der Waals surface area contributed by atoms with Gasteiger partial charge in [0.05, 0.1) is 12.5 Å². The first kappa shape index (κ1) is 19.9. The third-order valence-corrected chi connectivity index (χ3v) is 6.91. The minimum Gasteiger partial charge on any atom is -0.497 e. The summed E-state index contributed by atoms with van der Waals surface area (Å²) in [6.45, 7) is 4.49. The average Bonchev–Trinajstić information content (AvgIpc) is 3.34. The molecule has 1 amide bonds. The topological polar surface area (TPSA) is 47.4 Å². The minimum atomic E-state index is -0.337. The number of carbonyl (C=O) groups is 1. The van der Waals surface area contributed by atoms with E-state index in [2.05, 4.69) is 40.7 Å². The quantitative estimate of drug-likeness (QED) is 0.603. The Morgan fingerprint density at radius 2 is 1.87 bits per heavy atom. The van der Waals surface area contributed by atoms with Crippen LogP contribution in [0, 0.1) is 6.92 Å². The van der Waals surface area contributed by atoms with E-state index in [4.69, 9.17) is 9.72 Å². The van der Waals surface area contributed by atoms with Gasteiger partial charge in [0.25, 0.3) is 0 Å². The molecule has 160 valence electrons. The van der Waals surface area contributed by atoms with Crippen molar-refractivity contribution in [3.8, 4) is 5.75 Å². The minimum absolute atomic E-state index is 0.276. The summed E-state index contributed by atoms with van der Waals surface area (Å²) in [5.41, 5.74) is 3.22. The highest BCUT2D eigenvalue weighted by molar-refractivity contribution is 5.91. The second kappa shape index (κ2) is 7.88. The van der Waals surface area contributed by atoms with Crippen LogP contribution in [0.4, 0.5) is 0 Å². The van der Waals surface area contributed by atoms with E-state index in [1.54, 1.807) is 7.11 Å². The second-order valence-corrected chi connectivity index (χ2v) is 8.88. The van der Waals surface area contributed by atoms with Crippen LogP contribution in [0.3, 0.4) is 0 Å². The number of hydrogen-bond donors (Lipinski definition) is 0. The Kier molecular flexibility index (Phi) is 5.05. The van der Waals surface area contributed by atoms with Crippen molar-refractivity contribution in [1.29, 1.82) is 0 Å². The van der Waals surface area contributed by atoms with Gasteiger partial charge >= 0.3 is 0 Å². The summed E-state index contributed by atoms with van der Waals surface area (Å²) in [6, 6.07) is 18.5. The van der Waals surface area contributed by atoms with Crippen LogP contribution in [0.25, 0.3) is 0 Å². The maximum atomic E-state index is 13.5. The number of likely N-dealkylation sites (tertiary alicyclic amines) is 1. The molecule has 1 saturated heterocycles. The first-order valence-electron chi connectivity index (χ1n) is 11.1. The molecule has 31 heavy (non-hydrogen) atoms. The number of ether oxygens (including phenoxy) is 1. The number of aromatic nitrogens is 2. The van der Waals surface area contributed by atoms with E-state index in [0.29, 0.717) is 0 Å². The summed E-state index contributed by atoms with van der Waals surface area (Å²) in [4.78, 5) is 20.3. The molecule has 5 heteroatoms. The highest BCUT2D eigenvalue weighted by Crippen LogP contribution is 2.50. The van der Waals surface area contributed by atoms with E-state index < -0.39 is 0 Å². The van der Waals surface area contributed by atoms with E-state index in [-0.39, 0.29) is 17.2 Å². The second-order valence-electron chi connectivity index (χ2n) is 8.88. The number of carbonyl (C=O) groups excluding carboxylic acids is 1. The Labute approximate surface area is 183 Å². The van der Waals surface area contributed by atoms with E-state index >= 15 is 0 Å². The van der Waals surface area contributed by atoms with E-state index in [9.17, 15) is 4.79 Å².